The summed E-state index contributed by atoms with van der Waals surface area (Å²) in [6.45, 7) is 10.8. The van der Waals surface area contributed by atoms with E-state index in [1.807, 2.05) is 67.9 Å². The van der Waals surface area contributed by atoms with Crippen LogP contribution in [-0.4, -0.2) is 79.2 Å². The summed E-state index contributed by atoms with van der Waals surface area (Å²) in [5.74, 6) is 0.436. The van der Waals surface area contributed by atoms with Gasteiger partial charge < -0.3 is 4.57 Å². The maximum absolute atomic E-state index is 13.7. The Morgan fingerprint density at radius 1 is 1.00 bits per heavy atom. The van der Waals surface area contributed by atoms with E-state index < -0.39 is 13.3 Å². The van der Waals surface area contributed by atoms with E-state index in [0.29, 0.717) is 30.9 Å². The number of fused-ring (bicyclic) bond motifs is 3. The molecule has 0 aromatic heterocycles. The molecule has 0 spiro atoms. The van der Waals surface area contributed by atoms with Crippen LogP contribution < -0.4 is 4.90 Å². The number of rotatable bonds is 4. The van der Waals surface area contributed by atoms with Crippen LogP contribution in [0.15, 0.2) is 76.9 Å². The molecule has 2 aromatic rings. The molecule has 170 valence electrons. The Morgan fingerprint density at radius 2 is 1.67 bits per heavy atom. The van der Waals surface area contributed by atoms with Gasteiger partial charge in [-0.05, 0) is 19.4 Å². The Hall–Kier alpha value is -2.86. The van der Waals surface area contributed by atoms with Crippen molar-refractivity contribution in [3.8, 4) is 0 Å². The van der Waals surface area contributed by atoms with Gasteiger partial charge in [0.05, 0.1) is 30.5 Å². The lowest BCUT2D eigenvalue weighted by Gasteiger charge is -2.36. The number of hydrogen-bond donors (Lipinski definition) is 0. The first-order valence-corrected chi connectivity index (χ1v) is 14.0. The first-order chi connectivity index (χ1) is 15.8. The summed E-state index contributed by atoms with van der Waals surface area (Å²) in [6.07, 6.45) is 0.0248. The standard InChI is InChI=1S/C25H28N5O2P/c1-18-23-27-24(29-15-13-28(14-16-29)17-33(2,3)32)25(31)30(23)21-12-8-7-11-20(21)22(26-18)19-9-5-4-6-10-19/h4-12,24H,1,13-17H2,2-3H3. The number of anilines is 1. The minimum absolute atomic E-state index is 0.0757. The van der Waals surface area contributed by atoms with E-state index in [9.17, 15) is 9.36 Å². The van der Waals surface area contributed by atoms with E-state index in [4.69, 9.17) is 9.98 Å². The summed E-state index contributed by atoms with van der Waals surface area (Å²) in [7, 11) is -2.12. The van der Waals surface area contributed by atoms with Crippen LogP contribution in [0.3, 0.4) is 0 Å². The highest BCUT2D eigenvalue weighted by molar-refractivity contribution is 7.62. The smallest absolute Gasteiger partial charge is 0.272 e. The number of benzene rings is 2. The van der Waals surface area contributed by atoms with Crippen molar-refractivity contribution >= 4 is 30.3 Å². The molecule has 0 saturated carbocycles. The number of carbonyl (C=O) groups excluding carboxylic acids is 1. The lowest BCUT2D eigenvalue weighted by molar-refractivity contribution is -0.122. The summed E-state index contributed by atoms with van der Waals surface area (Å²) in [5, 5.41) is 0. The van der Waals surface area contributed by atoms with Gasteiger partial charge in [0, 0.05) is 37.3 Å². The molecule has 0 radical (unpaired) electrons. The van der Waals surface area contributed by atoms with E-state index in [2.05, 4.69) is 16.4 Å². The molecule has 8 heteroatoms. The van der Waals surface area contributed by atoms with Gasteiger partial charge in [-0.2, -0.15) is 0 Å². The fraction of sp³-hybridized carbons (Fsp3) is 0.320. The van der Waals surface area contributed by atoms with Crippen molar-refractivity contribution in [3.63, 3.8) is 0 Å². The maximum Gasteiger partial charge on any atom is 0.272 e. The van der Waals surface area contributed by atoms with Gasteiger partial charge in [0.25, 0.3) is 5.91 Å². The van der Waals surface area contributed by atoms with Gasteiger partial charge in [-0.3, -0.25) is 19.5 Å². The molecule has 1 fully saturated rings. The van der Waals surface area contributed by atoms with Gasteiger partial charge in [0.15, 0.2) is 12.0 Å². The highest BCUT2D eigenvalue weighted by atomic mass is 31.2. The number of para-hydroxylation sites is 1. The van der Waals surface area contributed by atoms with Gasteiger partial charge in [-0.25, -0.2) is 9.98 Å². The molecule has 1 amide bonds. The van der Waals surface area contributed by atoms with Crippen LogP contribution in [-0.2, 0) is 9.36 Å². The van der Waals surface area contributed by atoms with Crippen LogP contribution in [0.1, 0.15) is 11.1 Å². The van der Waals surface area contributed by atoms with Crippen LogP contribution in [0.25, 0.3) is 0 Å². The minimum Gasteiger partial charge on any atom is -0.323 e. The molecule has 0 N–H and O–H groups in total. The molecule has 7 nitrogen and oxygen atoms in total. The van der Waals surface area contributed by atoms with Crippen LogP contribution in [0.2, 0.25) is 0 Å². The van der Waals surface area contributed by atoms with Gasteiger partial charge in [-0.15, -0.1) is 0 Å². The molecule has 5 rings (SSSR count). The first-order valence-electron chi connectivity index (χ1n) is 11.2. The Balaban J connectivity index is 1.46. The molecule has 0 aliphatic carbocycles. The molecule has 1 unspecified atom stereocenters. The average Bonchev–Trinajstić information content (AvgIpc) is 3.08. The molecule has 2 aromatic carbocycles. The molecule has 0 bridgehead atoms. The fourth-order valence-electron chi connectivity index (χ4n) is 4.68. The Labute approximate surface area is 194 Å². The van der Waals surface area contributed by atoms with Crippen molar-refractivity contribution in [2.75, 3.05) is 50.7 Å². The van der Waals surface area contributed by atoms with E-state index in [0.717, 1.165) is 35.6 Å². The van der Waals surface area contributed by atoms with E-state index in [1.54, 1.807) is 4.90 Å². The number of aliphatic imine (C=N–C) groups is 2. The number of piperazine rings is 1. The van der Waals surface area contributed by atoms with Gasteiger partial charge in [-0.1, -0.05) is 55.1 Å². The number of amidine groups is 1. The predicted octanol–water partition coefficient (Wildman–Crippen LogP) is 3.32. The molecular weight excluding hydrogens is 433 g/mol. The molecular formula is C25H28N5O2P. The van der Waals surface area contributed by atoms with Crippen molar-refractivity contribution in [3.05, 3.63) is 78.0 Å². The van der Waals surface area contributed by atoms with Crippen LogP contribution in [0, 0.1) is 0 Å². The van der Waals surface area contributed by atoms with E-state index in [-0.39, 0.29) is 5.91 Å². The number of amides is 1. The Kier molecular flexibility index (Phi) is 5.65. The zero-order valence-electron chi connectivity index (χ0n) is 19.0. The van der Waals surface area contributed by atoms with Crippen LogP contribution in [0.4, 0.5) is 5.69 Å². The second kappa shape index (κ2) is 8.49. The first kappa shape index (κ1) is 22.0. The van der Waals surface area contributed by atoms with Gasteiger partial charge >= 0.3 is 0 Å². The summed E-state index contributed by atoms with van der Waals surface area (Å²) in [4.78, 5) is 29.3. The van der Waals surface area contributed by atoms with Crippen molar-refractivity contribution in [2.24, 2.45) is 9.98 Å². The monoisotopic (exact) mass is 461 g/mol. The highest BCUT2D eigenvalue weighted by Gasteiger charge is 2.43. The maximum atomic E-state index is 13.7. The van der Waals surface area contributed by atoms with Crippen LogP contribution in [0.5, 0.6) is 0 Å². The Morgan fingerprint density at radius 3 is 2.36 bits per heavy atom. The highest BCUT2D eigenvalue weighted by Crippen LogP contribution is 2.37. The van der Waals surface area contributed by atoms with Crippen molar-refractivity contribution in [1.29, 1.82) is 0 Å². The molecule has 33 heavy (non-hydrogen) atoms. The second-order valence-electron chi connectivity index (χ2n) is 9.16. The number of carbonyl (C=O) groups is 1. The fourth-order valence-corrected chi connectivity index (χ4v) is 5.93. The SMILES string of the molecule is C=C1N=C(c2ccccc2)c2ccccc2N2C(=O)C(N3CCN(CP(C)(C)=O)CC3)N=C12. The van der Waals surface area contributed by atoms with E-state index in [1.165, 1.54) is 0 Å². The zero-order valence-corrected chi connectivity index (χ0v) is 19.9. The predicted molar refractivity (Wildman–Crippen MR) is 134 cm³/mol. The normalized spacial score (nSPS) is 21.9. The molecule has 3 heterocycles. The van der Waals surface area contributed by atoms with Gasteiger partial charge in [0.1, 0.15) is 0 Å². The average molecular weight is 462 g/mol. The van der Waals surface area contributed by atoms with Crippen LogP contribution >= 0.6 is 7.14 Å². The molecule has 3 aliphatic rings. The number of hydrogen-bond acceptors (Lipinski definition) is 6. The van der Waals surface area contributed by atoms with E-state index >= 15 is 0 Å². The lowest BCUT2D eigenvalue weighted by atomic mass is 10.0. The topological polar surface area (TPSA) is 68.6 Å². The molecule has 1 saturated heterocycles. The third-order valence-electron chi connectivity index (χ3n) is 6.14. The largest absolute Gasteiger partial charge is 0.323 e. The van der Waals surface area contributed by atoms with Crippen molar-refractivity contribution in [2.45, 2.75) is 6.17 Å². The summed E-state index contributed by atoms with van der Waals surface area (Å²) in [5.41, 5.74) is 3.90. The quantitative estimate of drug-likeness (QED) is 0.655. The Bertz CT molecular complexity index is 1210. The van der Waals surface area contributed by atoms with Gasteiger partial charge in [0.2, 0.25) is 0 Å². The van der Waals surface area contributed by atoms with Crippen molar-refractivity contribution in [1.82, 2.24) is 9.80 Å². The summed E-state index contributed by atoms with van der Waals surface area (Å²) < 4.78 is 12.2. The minimum atomic E-state index is -2.12. The number of nitrogens with zero attached hydrogens (tertiary/aromatic N) is 5. The molecule has 1 atom stereocenters. The summed E-state index contributed by atoms with van der Waals surface area (Å²) in [6, 6.07) is 17.8. The lowest BCUT2D eigenvalue weighted by Crippen LogP contribution is -2.53. The third kappa shape index (κ3) is 4.24. The van der Waals surface area contributed by atoms with Crippen molar-refractivity contribution < 1.29 is 9.36 Å². The third-order valence-corrected chi connectivity index (χ3v) is 7.22. The molecule has 3 aliphatic heterocycles. The zero-order chi connectivity index (χ0) is 23.2. The summed E-state index contributed by atoms with van der Waals surface area (Å²) >= 11 is 0. The second-order valence-corrected chi connectivity index (χ2v) is 12.6.